The predicted molar refractivity (Wildman–Crippen MR) is 94.4 cm³/mol. The van der Waals surface area contributed by atoms with Crippen LogP contribution in [0, 0.1) is 5.41 Å². The average molecular weight is 334 g/mol. The Morgan fingerprint density at radius 1 is 0.875 bits per heavy atom. The highest BCUT2D eigenvalue weighted by molar-refractivity contribution is 6.00. The zero-order valence-corrected chi connectivity index (χ0v) is 15.2. The molecule has 0 heterocycles. The molecule has 134 valence electrons. The van der Waals surface area contributed by atoms with E-state index in [1.54, 1.807) is 6.92 Å². The Bertz CT molecular complexity index is 488. The van der Waals surface area contributed by atoms with Gasteiger partial charge in [-0.3, -0.25) is 9.59 Å². The van der Waals surface area contributed by atoms with E-state index in [0.29, 0.717) is 12.8 Å². The monoisotopic (exact) mass is 334 g/mol. The van der Waals surface area contributed by atoms with Crippen LogP contribution >= 0.6 is 0 Å². The van der Waals surface area contributed by atoms with E-state index in [2.05, 4.69) is 0 Å². The summed E-state index contributed by atoms with van der Waals surface area (Å²) in [5, 5.41) is 0. The fraction of sp³-hybridized carbons (Fsp3) is 0.600. The van der Waals surface area contributed by atoms with Crippen molar-refractivity contribution < 1.29 is 19.1 Å². The normalized spacial score (nSPS) is 11.1. The van der Waals surface area contributed by atoms with Crippen LogP contribution in [0.4, 0.5) is 0 Å². The topological polar surface area (TPSA) is 52.6 Å². The third-order valence-electron chi connectivity index (χ3n) is 4.18. The molecule has 0 saturated carbocycles. The first kappa shape index (κ1) is 20.2. The molecular formula is C20H30O4. The Kier molecular flexibility index (Phi) is 9.13. The van der Waals surface area contributed by atoms with E-state index in [1.807, 2.05) is 44.2 Å². The summed E-state index contributed by atoms with van der Waals surface area (Å²) in [7, 11) is 0. The summed E-state index contributed by atoms with van der Waals surface area (Å²) in [6.45, 7) is 6.30. The lowest BCUT2D eigenvalue weighted by molar-refractivity contribution is -0.174. The molecule has 1 rings (SSSR count). The minimum atomic E-state index is -1.17. The lowest BCUT2D eigenvalue weighted by Crippen LogP contribution is -2.42. The van der Waals surface area contributed by atoms with Crippen LogP contribution in [-0.4, -0.2) is 18.5 Å². The van der Waals surface area contributed by atoms with E-state index >= 15 is 0 Å². The number of rotatable bonds is 11. The van der Waals surface area contributed by atoms with Gasteiger partial charge in [-0.05, 0) is 25.3 Å². The minimum absolute atomic E-state index is 0.180. The van der Waals surface area contributed by atoms with Crippen molar-refractivity contribution in [2.75, 3.05) is 6.61 Å². The number of benzene rings is 1. The van der Waals surface area contributed by atoms with Crippen LogP contribution in [-0.2, 0) is 25.7 Å². The molecule has 0 aliphatic rings. The summed E-state index contributed by atoms with van der Waals surface area (Å²) in [4.78, 5) is 25.5. The van der Waals surface area contributed by atoms with Gasteiger partial charge in [-0.15, -0.1) is 0 Å². The molecule has 0 radical (unpaired) electrons. The summed E-state index contributed by atoms with van der Waals surface area (Å²) >= 11 is 0. The van der Waals surface area contributed by atoms with Crippen LogP contribution in [0.5, 0.6) is 0 Å². The third kappa shape index (κ3) is 5.66. The van der Waals surface area contributed by atoms with Gasteiger partial charge in [0.1, 0.15) is 6.61 Å². The summed E-state index contributed by atoms with van der Waals surface area (Å²) in [6.07, 6.45) is 4.39. The number of carbonyl (C=O) groups excluding carboxylic acids is 2. The molecule has 1 aromatic rings. The molecule has 4 nitrogen and oxygen atoms in total. The number of carbonyl (C=O) groups is 2. The molecule has 0 saturated heterocycles. The zero-order valence-electron chi connectivity index (χ0n) is 15.2. The molecule has 0 fully saturated rings. The van der Waals surface area contributed by atoms with E-state index in [1.165, 1.54) is 0 Å². The van der Waals surface area contributed by atoms with Crippen LogP contribution < -0.4 is 0 Å². The van der Waals surface area contributed by atoms with Crippen molar-refractivity contribution in [2.45, 2.75) is 65.9 Å². The standard InChI is InChI=1S/C20H30O4/c1-4-7-14-20(15-8-5-2,18(21)23-6-3)19(22)24-16-17-12-10-9-11-13-17/h9-13H,4-8,14-16H2,1-3H3. The second-order valence-electron chi connectivity index (χ2n) is 6.07. The Morgan fingerprint density at radius 2 is 1.42 bits per heavy atom. The van der Waals surface area contributed by atoms with Crippen molar-refractivity contribution in [1.29, 1.82) is 0 Å². The van der Waals surface area contributed by atoms with Gasteiger partial charge in [-0.25, -0.2) is 0 Å². The largest absolute Gasteiger partial charge is 0.465 e. The van der Waals surface area contributed by atoms with Gasteiger partial charge >= 0.3 is 11.9 Å². The first-order valence-electron chi connectivity index (χ1n) is 8.99. The molecule has 0 amide bonds. The molecule has 24 heavy (non-hydrogen) atoms. The van der Waals surface area contributed by atoms with E-state index in [9.17, 15) is 9.59 Å². The van der Waals surface area contributed by atoms with Crippen molar-refractivity contribution in [3.05, 3.63) is 35.9 Å². The Hall–Kier alpha value is -1.84. The minimum Gasteiger partial charge on any atom is -0.465 e. The molecule has 1 aromatic carbocycles. The fourth-order valence-electron chi connectivity index (χ4n) is 2.70. The van der Waals surface area contributed by atoms with Crippen molar-refractivity contribution in [2.24, 2.45) is 5.41 Å². The molecule has 0 N–H and O–H groups in total. The van der Waals surface area contributed by atoms with Crippen LogP contribution in [0.2, 0.25) is 0 Å². The molecule has 0 aliphatic heterocycles. The van der Waals surface area contributed by atoms with Crippen molar-refractivity contribution >= 4 is 11.9 Å². The van der Waals surface area contributed by atoms with Crippen molar-refractivity contribution in [1.82, 2.24) is 0 Å². The molecule has 0 atom stereocenters. The lowest BCUT2D eigenvalue weighted by Gasteiger charge is -2.29. The van der Waals surface area contributed by atoms with Gasteiger partial charge in [-0.2, -0.15) is 0 Å². The maximum atomic E-state index is 12.8. The van der Waals surface area contributed by atoms with Crippen LogP contribution in [0.3, 0.4) is 0 Å². The highest BCUT2D eigenvalue weighted by atomic mass is 16.6. The molecule has 0 aromatic heterocycles. The molecule has 4 heteroatoms. The van der Waals surface area contributed by atoms with Gasteiger partial charge < -0.3 is 9.47 Å². The van der Waals surface area contributed by atoms with Gasteiger partial charge in [0.05, 0.1) is 6.61 Å². The van der Waals surface area contributed by atoms with Gasteiger partial charge in [0.25, 0.3) is 0 Å². The highest BCUT2D eigenvalue weighted by Crippen LogP contribution is 2.35. The molecule has 0 spiro atoms. The van der Waals surface area contributed by atoms with E-state index in [4.69, 9.17) is 9.47 Å². The number of ether oxygens (including phenoxy) is 2. The quantitative estimate of drug-likeness (QED) is 0.436. The van der Waals surface area contributed by atoms with Gasteiger partial charge in [-0.1, -0.05) is 69.9 Å². The average Bonchev–Trinajstić information content (AvgIpc) is 2.61. The number of hydrogen-bond acceptors (Lipinski definition) is 4. The van der Waals surface area contributed by atoms with Gasteiger partial charge in [0, 0.05) is 0 Å². The Morgan fingerprint density at radius 3 is 1.92 bits per heavy atom. The highest BCUT2D eigenvalue weighted by Gasteiger charge is 2.47. The van der Waals surface area contributed by atoms with Crippen LogP contribution in [0.25, 0.3) is 0 Å². The number of esters is 2. The molecule has 0 unspecified atom stereocenters. The Labute approximate surface area is 145 Å². The molecule has 0 bridgehead atoms. The van der Waals surface area contributed by atoms with E-state index in [-0.39, 0.29) is 13.2 Å². The first-order chi connectivity index (χ1) is 11.6. The summed E-state index contributed by atoms with van der Waals surface area (Å²) in [5.41, 5.74) is -0.258. The SMILES string of the molecule is CCCCC(CCCC)(C(=O)OCC)C(=O)OCc1ccccc1. The van der Waals surface area contributed by atoms with Crippen molar-refractivity contribution in [3.8, 4) is 0 Å². The number of hydrogen-bond donors (Lipinski definition) is 0. The van der Waals surface area contributed by atoms with Crippen LogP contribution in [0.1, 0.15) is 64.9 Å². The second kappa shape index (κ2) is 10.8. The lowest BCUT2D eigenvalue weighted by atomic mass is 9.78. The molecular weight excluding hydrogens is 304 g/mol. The maximum absolute atomic E-state index is 12.8. The first-order valence-corrected chi connectivity index (χ1v) is 8.99. The van der Waals surface area contributed by atoms with Gasteiger partial charge in [0.15, 0.2) is 5.41 Å². The van der Waals surface area contributed by atoms with Crippen LogP contribution in [0.15, 0.2) is 30.3 Å². The van der Waals surface area contributed by atoms with Crippen molar-refractivity contribution in [3.63, 3.8) is 0 Å². The third-order valence-corrected chi connectivity index (χ3v) is 4.18. The molecule has 0 aliphatic carbocycles. The second-order valence-corrected chi connectivity index (χ2v) is 6.07. The Balaban J connectivity index is 2.93. The smallest absolute Gasteiger partial charge is 0.323 e. The summed E-state index contributed by atoms with van der Waals surface area (Å²) < 4.78 is 10.8. The van der Waals surface area contributed by atoms with Gasteiger partial charge in [0.2, 0.25) is 0 Å². The van der Waals surface area contributed by atoms with E-state index in [0.717, 1.165) is 31.2 Å². The summed E-state index contributed by atoms with van der Waals surface area (Å²) in [6, 6.07) is 9.51. The summed E-state index contributed by atoms with van der Waals surface area (Å²) in [5.74, 6) is -0.892. The number of unbranched alkanes of at least 4 members (excludes halogenated alkanes) is 2. The maximum Gasteiger partial charge on any atom is 0.323 e. The fourth-order valence-corrected chi connectivity index (χ4v) is 2.70. The predicted octanol–water partition coefficient (Wildman–Crippen LogP) is 4.66. The van der Waals surface area contributed by atoms with E-state index < -0.39 is 17.4 Å². The zero-order chi connectivity index (χ0) is 17.8.